The van der Waals surface area contributed by atoms with Crippen molar-refractivity contribution < 1.29 is 23.4 Å². The molecule has 3 aromatic rings. The second kappa shape index (κ2) is 6.95. The number of hydrogen-bond acceptors (Lipinski definition) is 4. The van der Waals surface area contributed by atoms with Crippen molar-refractivity contribution in [2.45, 2.75) is 13.5 Å². The van der Waals surface area contributed by atoms with E-state index in [1.165, 1.54) is 24.3 Å². The van der Waals surface area contributed by atoms with Crippen molar-refractivity contribution in [2.24, 2.45) is 0 Å². The third-order valence-corrected chi connectivity index (χ3v) is 3.97. The molecule has 0 fully saturated rings. The van der Waals surface area contributed by atoms with Crippen LogP contribution >= 0.6 is 0 Å². The minimum Gasteiger partial charge on any atom is -0.506 e. The summed E-state index contributed by atoms with van der Waals surface area (Å²) in [6.07, 6.45) is 0. The lowest BCUT2D eigenvalue weighted by molar-refractivity contribution is 0.0520. The monoisotopic (exact) mass is 359 g/mol. The molecule has 7 heteroatoms. The fourth-order valence-electron chi connectivity index (χ4n) is 2.75. The first-order valence-electron chi connectivity index (χ1n) is 7.89. The SMILES string of the molecule is CCOC(=O)c1c(O)c2cc(F)ccc2n(Cc2ccccc2F)c1=O. The zero-order chi connectivity index (χ0) is 18.8. The molecule has 0 saturated carbocycles. The van der Waals surface area contributed by atoms with E-state index < -0.39 is 34.5 Å². The highest BCUT2D eigenvalue weighted by atomic mass is 19.1. The van der Waals surface area contributed by atoms with E-state index in [2.05, 4.69) is 0 Å². The van der Waals surface area contributed by atoms with Crippen LogP contribution in [0.2, 0.25) is 0 Å². The van der Waals surface area contributed by atoms with E-state index in [1.807, 2.05) is 0 Å². The first-order valence-corrected chi connectivity index (χ1v) is 7.89. The van der Waals surface area contributed by atoms with Gasteiger partial charge in [0.1, 0.15) is 17.4 Å². The Labute approximate surface area is 147 Å². The van der Waals surface area contributed by atoms with E-state index in [0.29, 0.717) is 0 Å². The van der Waals surface area contributed by atoms with Crippen LogP contribution in [-0.2, 0) is 11.3 Å². The maximum atomic E-state index is 14.0. The van der Waals surface area contributed by atoms with Crippen LogP contribution in [0.15, 0.2) is 47.3 Å². The highest BCUT2D eigenvalue weighted by molar-refractivity contribution is 5.99. The van der Waals surface area contributed by atoms with Gasteiger partial charge in [-0.2, -0.15) is 0 Å². The Morgan fingerprint density at radius 2 is 1.92 bits per heavy atom. The predicted molar refractivity (Wildman–Crippen MR) is 91.3 cm³/mol. The van der Waals surface area contributed by atoms with Crippen molar-refractivity contribution in [2.75, 3.05) is 6.61 Å². The maximum Gasteiger partial charge on any atom is 0.347 e. The summed E-state index contributed by atoms with van der Waals surface area (Å²) in [7, 11) is 0. The van der Waals surface area contributed by atoms with E-state index in [0.717, 1.165) is 16.7 Å². The van der Waals surface area contributed by atoms with Gasteiger partial charge in [0, 0.05) is 10.9 Å². The van der Waals surface area contributed by atoms with E-state index in [9.17, 15) is 23.5 Å². The number of halogens is 2. The Morgan fingerprint density at radius 3 is 2.62 bits per heavy atom. The molecule has 3 rings (SSSR count). The fourth-order valence-corrected chi connectivity index (χ4v) is 2.75. The van der Waals surface area contributed by atoms with Crippen molar-refractivity contribution >= 4 is 16.9 Å². The zero-order valence-corrected chi connectivity index (χ0v) is 13.8. The van der Waals surface area contributed by atoms with Gasteiger partial charge in [-0.05, 0) is 31.2 Å². The number of aromatic nitrogens is 1. The smallest absolute Gasteiger partial charge is 0.347 e. The minimum atomic E-state index is -1.02. The molecule has 134 valence electrons. The molecule has 1 heterocycles. The van der Waals surface area contributed by atoms with Gasteiger partial charge in [0.15, 0.2) is 5.56 Å². The molecule has 0 aliphatic rings. The number of pyridine rings is 1. The predicted octanol–water partition coefficient (Wildman–Crippen LogP) is 3.21. The lowest BCUT2D eigenvalue weighted by Gasteiger charge is -2.15. The molecule has 0 saturated heterocycles. The number of fused-ring (bicyclic) bond motifs is 1. The molecule has 0 aliphatic carbocycles. The molecule has 5 nitrogen and oxygen atoms in total. The lowest BCUT2D eigenvalue weighted by Crippen LogP contribution is -2.28. The largest absolute Gasteiger partial charge is 0.506 e. The molecule has 0 radical (unpaired) electrons. The Bertz CT molecular complexity index is 1060. The summed E-state index contributed by atoms with van der Waals surface area (Å²) in [5.74, 6) is -2.87. The number of hydrogen-bond donors (Lipinski definition) is 1. The van der Waals surface area contributed by atoms with Gasteiger partial charge in [0.25, 0.3) is 5.56 Å². The highest BCUT2D eigenvalue weighted by Gasteiger charge is 2.24. The van der Waals surface area contributed by atoms with Gasteiger partial charge >= 0.3 is 5.97 Å². The number of benzene rings is 2. The third-order valence-electron chi connectivity index (χ3n) is 3.97. The van der Waals surface area contributed by atoms with E-state index >= 15 is 0 Å². The standard InChI is InChI=1S/C19H15F2NO4/c1-2-26-19(25)16-17(23)13-9-12(20)7-8-15(13)22(18(16)24)10-11-5-3-4-6-14(11)21/h3-9,23H,2,10H2,1H3. The summed E-state index contributed by atoms with van der Waals surface area (Å²) in [6, 6.07) is 9.27. The first kappa shape index (κ1) is 17.6. The molecule has 0 atom stereocenters. The molecule has 0 spiro atoms. The number of ether oxygens (including phenoxy) is 1. The van der Waals surface area contributed by atoms with Crippen molar-refractivity contribution in [3.8, 4) is 5.75 Å². The summed E-state index contributed by atoms with van der Waals surface area (Å²) >= 11 is 0. The Balaban J connectivity index is 2.32. The number of carbonyl (C=O) groups excluding carboxylic acids is 1. The number of esters is 1. The van der Waals surface area contributed by atoms with Gasteiger partial charge in [-0.25, -0.2) is 13.6 Å². The first-order chi connectivity index (χ1) is 12.4. The van der Waals surface area contributed by atoms with Crippen molar-refractivity contribution in [3.63, 3.8) is 0 Å². The molecule has 0 bridgehead atoms. The van der Waals surface area contributed by atoms with Gasteiger partial charge in [-0.15, -0.1) is 0 Å². The summed E-state index contributed by atoms with van der Waals surface area (Å²) in [4.78, 5) is 24.9. The molecule has 1 N–H and O–H groups in total. The van der Waals surface area contributed by atoms with Crippen LogP contribution in [0.1, 0.15) is 22.8 Å². The van der Waals surface area contributed by atoms with Crippen LogP contribution in [-0.4, -0.2) is 22.2 Å². The average molecular weight is 359 g/mol. The maximum absolute atomic E-state index is 14.0. The van der Waals surface area contributed by atoms with Crippen LogP contribution < -0.4 is 5.56 Å². The van der Waals surface area contributed by atoms with Gasteiger partial charge in [-0.1, -0.05) is 18.2 Å². The van der Waals surface area contributed by atoms with Crippen molar-refractivity contribution in [3.05, 3.63) is 75.6 Å². The molecule has 0 amide bonds. The van der Waals surface area contributed by atoms with Gasteiger partial charge in [-0.3, -0.25) is 4.79 Å². The second-order valence-electron chi connectivity index (χ2n) is 5.59. The van der Waals surface area contributed by atoms with Crippen LogP contribution in [0.25, 0.3) is 10.9 Å². The van der Waals surface area contributed by atoms with Crippen LogP contribution in [0.5, 0.6) is 5.75 Å². The Morgan fingerprint density at radius 1 is 1.19 bits per heavy atom. The summed E-state index contributed by atoms with van der Waals surface area (Å²) in [5, 5.41) is 10.3. The summed E-state index contributed by atoms with van der Waals surface area (Å²) in [6.45, 7) is 1.35. The molecular weight excluding hydrogens is 344 g/mol. The minimum absolute atomic E-state index is 0.00772. The number of aromatic hydroxyl groups is 1. The molecule has 0 aliphatic heterocycles. The normalized spacial score (nSPS) is 10.9. The van der Waals surface area contributed by atoms with E-state index in [-0.39, 0.29) is 29.6 Å². The van der Waals surface area contributed by atoms with E-state index in [4.69, 9.17) is 4.74 Å². The van der Waals surface area contributed by atoms with Crippen molar-refractivity contribution in [1.29, 1.82) is 0 Å². The van der Waals surface area contributed by atoms with Crippen LogP contribution in [0.4, 0.5) is 8.78 Å². The van der Waals surface area contributed by atoms with Crippen LogP contribution in [0.3, 0.4) is 0 Å². The lowest BCUT2D eigenvalue weighted by atomic mass is 10.1. The van der Waals surface area contributed by atoms with Crippen molar-refractivity contribution in [1.82, 2.24) is 4.57 Å². The van der Waals surface area contributed by atoms with Gasteiger partial charge < -0.3 is 14.4 Å². The molecular formula is C19H15F2NO4. The summed E-state index contributed by atoms with van der Waals surface area (Å²) < 4.78 is 33.6. The average Bonchev–Trinajstić information content (AvgIpc) is 2.60. The number of carbonyl (C=O) groups is 1. The van der Waals surface area contributed by atoms with Gasteiger partial charge in [0.2, 0.25) is 0 Å². The molecule has 0 unspecified atom stereocenters. The molecule has 2 aromatic carbocycles. The van der Waals surface area contributed by atoms with Crippen LogP contribution in [0, 0.1) is 11.6 Å². The Hall–Kier alpha value is -3.22. The molecule has 1 aromatic heterocycles. The quantitative estimate of drug-likeness (QED) is 0.727. The Kier molecular flexibility index (Phi) is 4.71. The molecule has 26 heavy (non-hydrogen) atoms. The third kappa shape index (κ3) is 3.03. The second-order valence-corrected chi connectivity index (χ2v) is 5.59. The summed E-state index contributed by atoms with van der Waals surface area (Å²) in [5.41, 5.74) is -1.07. The number of rotatable bonds is 4. The highest BCUT2D eigenvalue weighted by Crippen LogP contribution is 2.28. The van der Waals surface area contributed by atoms with Gasteiger partial charge in [0.05, 0.1) is 18.7 Å². The topological polar surface area (TPSA) is 68.5 Å². The van der Waals surface area contributed by atoms with E-state index in [1.54, 1.807) is 13.0 Å². The number of nitrogens with zero attached hydrogens (tertiary/aromatic N) is 1. The fraction of sp³-hybridized carbons (Fsp3) is 0.158. The zero-order valence-electron chi connectivity index (χ0n) is 13.8.